The zero-order chi connectivity index (χ0) is 16.5. The second kappa shape index (κ2) is 5.33. The fraction of sp³-hybridized carbons (Fsp3) is 0.909. The summed E-state index contributed by atoms with van der Waals surface area (Å²) < 4.78 is 0. The van der Waals surface area contributed by atoms with Crippen LogP contribution in [0.2, 0.25) is 0 Å². The normalized spacial score (nSPS) is 59.2. The second-order valence-electron chi connectivity index (χ2n) is 10.1. The average molecular weight is 331 g/mol. The molecule has 2 nitrogen and oxygen atoms in total. The molecule has 24 heavy (non-hydrogen) atoms. The van der Waals surface area contributed by atoms with Crippen molar-refractivity contribution in [2.45, 2.75) is 83.3 Å². The van der Waals surface area contributed by atoms with E-state index in [1.165, 1.54) is 51.4 Å². The Bertz CT molecular complexity index is 542. The lowest BCUT2D eigenvalue weighted by atomic mass is 9.43. The summed E-state index contributed by atoms with van der Waals surface area (Å²) >= 11 is 0. The summed E-state index contributed by atoms with van der Waals surface area (Å²) in [5.74, 6) is 3.91. The number of allylic oxidation sites excluding steroid dienone is 1. The number of fused-ring (bicyclic) bond motifs is 4. The van der Waals surface area contributed by atoms with Gasteiger partial charge in [0.2, 0.25) is 0 Å². The van der Waals surface area contributed by atoms with Crippen LogP contribution in [0.25, 0.3) is 0 Å². The summed E-state index contributed by atoms with van der Waals surface area (Å²) in [6, 6.07) is 0. The van der Waals surface area contributed by atoms with Gasteiger partial charge in [-0.25, -0.2) is 0 Å². The van der Waals surface area contributed by atoms with Gasteiger partial charge in [-0.15, -0.1) is 0 Å². The minimum absolute atomic E-state index is 0.0456. The van der Waals surface area contributed by atoms with E-state index in [1.54, 1.807) is 0 Å². The van der Waals surface area contributed by atoms with Gasteiger partial charge in [0.05, 0.1) is 12.2 Å². The second-order valence-corrected chi connectivity index (χ2v) is 10.1. The van der Waals surface area contributed by atoms with E-state index in [9.17, 15) is 10.2 Å². The van der Waals surface area contributed by atoms with Gasteiger partial charge in [-0.2, -0.15) is 0 Å². The van der Waals surface area contributed by atoms with E-state index in [-0.39, 0.29) is 17.6 Å². The molecule has 0 bridgehead atoms. The SMILES string of the molecule is C[C@]12CC[C@@H](O)C[C@@H]1CC[C@H]1[C@@H]3CC[C@@H]4CC=CC(O)C43CC[C@@H]12. The number of rotatable bonds is 0. The Balaban J connectivity index is 1.48. The molecule has 134 valence electrons. The van der Waals surface area contributed by atoms with Gasteiger partial charge in [0.25, 0.3) is 0 Å². The van der Waals surface area contributed by atoms with Crippen LogP contribution < -0.4 is 0 Å². The lowest BCUT2D eigenvalue weighted by molar-refractivity contribution is -0.152. The van der Waals surface area contributed by atoms with E-state index in [0.29, 0.717) is 5.41 Å². The molecule has 0 radical (unpaired) electrons. The Labute approximate surface area is 146 Å². The first kappa shape index (κ1) is 15.9. The van der Waals surface area contributed by atoms with Crippen LogP contribution in [0.4, 0.5) is 0 Å². The molecule has 0 aromatic rings. The summed E-state index contributed by atoms with van der Waals surface area (Å²) in [7, 11) is 0. The van der Waals surface area contributed by atoms with Gasteiger partial charge < -0.3 is 10.2 Å². The smallest absolute Gasteiger partial charge is 0.0782 e. The molecule has 0 aromatic heterocycles. The molecule has 5 rings (SSSR count). The highest BCUT2D eigenvalue weighted by atomic mass is 16.3. The van der Waals surface area contributed by atoms with Gasteiger partial charge in [-0.1, -0.05) is 19.1 Å². The molecular formula is C22H34O2. The molecule has 5 aliphatic carbocycles. The van der Waals surface area contributed by atoms with Gasteiger partial charge in [0.1, 0.15) is 0 Å². The Hall–Kier alpha value is -0.340. The van der Waals surface area contributed by atoms with Crippen LogP contribution in [-0.4, -0.2) is 22.4 Å². The maximum Gasteiger partial charge on any atom is 0.0782 e. The Morgan fingerprint density at radius 1 is 0.875 bits per heavy atom. The van der Waals surface area contributed by atoms with E-state index in [2.05, 4.69) is 19.1 Å². The lowest BCUT2D eigenvalue weighted by Gasteiger charge is -2.62. The standard InChI is InChI=1S/C22H34O2/c1-21-11-9-16(23)13-15(21)5-7-17-18(21)10-12-22-14(6-8-19(17)22)3-2-4-20(22)24/h2,4,14-20,23-24H,3,5-13H2,1H3/t14-,15-,16+,17+,18-,19-,20?,21-,22?/m0/s1. The van der Waals surface area contributed by atoms with Crippen molar-refractivity contribution in [3.8, 4) is 0 Å². The predicted octanol–water partition coefficient (Wildman–Crippen LogP) is 4.31. The Morgan fingerprint density at radius 3 is 2.58 bits per heavy atom. The van der Waals surface area contributed by atoms with Crippen molar-refractivity contribution in [2.75, 3.05) is 0 Å². The van der Waals surface area contributed by atoms with Crippen molar-refractivity contribution < 1.29 is 10.2 Å². The minimum atomic E-state index is -0.191. The summed E-state index contributed by atoms with van der Waals surface area (Å²) in [5.41, 5.74) is 0.671. The summed E-state index contributed by atoms with van der Waals surface area (Å²) in [5, 5.41) is 21.1. The van der Waals surface area contributed by atoms with Gasteiger partial charge in [-0.05, 0) is 99.2 Å². The molecule has 0 heterocycles. The van der Waals surface area contributed by atoms with Crippen molar-refractivity contribution in [2.24, 2.45) is 40.4 Å². The monoisotopic (exact) mass is 330 g/mol. The fourth-order valence-corrected chi connectivity index (χ4v) is 8.57. The van der Waals surface area contributed by atoms with Gasteiger partial charge >= 0.3 is 0 Å². The average Bonchev–Trinajstić information content (AvgIpc) is 2.97. The zero-order valence-electron chi connectivity index (χ0n) is 15.2. The maximum absolute atomic E-state index is 11.0. The molecule has 4 fully saturated rings. The van der Waals surface area contributed by atoms with E-state index >= 15 is 0 Å². The van der Waals surface area contributed by atoms with Crippen LogP contribution in [-0.2, 0) is 0 Å². The third-order valence-electron chi connectivity index (χ3n) is 9.69. The van der Waals surface area contributed by atoms with Crippen molar-refractivity contribution in [3.05, 3.63) is 12.2 Å². The predicted molar refractivity (Wildman–Crippen MR) is 95.3 cm³/mol. The molecule has 0 aromatic carbocycles. The third kappa shape index (κ3) is 1.91. The quantitative estimate of drug-likeness (QED) is 0.650. The molecule has 5 aliphatic rings. The summed E-state index contributed by atoms with van der Waals surface area (Å²) in [6.07, 6.45) is 16.6. The van der Waals surface area contributed by atoms with E-state index in [0.717, 1.165) is 42.4 Å². The molecule has 0 amide bonds. The molecule has 9 atom stereocenters. The summed E-state index contributed by atoms with van der Waals surface area (Å²) in [4.78, 5) is 0. The molecule has 0 aliphatic heterocycles. The van der Waals surface area contributed by atoms with Gasteiger partial charge in [-0.3, -0.25) is 0 Å². The number of aliphatic hydroxyl groups is 2. The highest BCUT2D eigenvalue weighted by Crippen LogP contribution is 2.69. The van der Waals surface area contributed by atoms with E-state index < -0.39 is 0 Å². The molecular weight excluding hydrogens is 296 g/mol. The molecule has 2 unspecified atom stereocenters. The topological polar surface area (TPSA) is 40.5 Å². The van der Waals surface area contributed by atoms with E-state index in [1.807, 2.05) is 0 Å². The highest BCUT2D eigenvalue weighted by molar-refractivity contribution is 5.18. The van der Waals surface area contributed by atoms with Crippen LogP contribution in [0.5, 0.6) is 0 Å². The molecule has 1 spiro atoms. The first-order valence-corrected chi connectivity index (χ1v) is 10.6. The van der Waals surface area contributed by atoms with Crippen LogP contribution in [0.15, 0.2) is 12.2 Å². The Morgan fingerprint density at radius 2 is 1.71 bits per heavy atom. The first-order valence-electron chi connectivity index (χ1n) is 10.6. The fourth-order valence-electron chi connectivity index (χ4n) is 8.57. The molecule has 0 saturated heterocycles. The lowest BCUT2D eigenvalue weighted by Crippen LogP contribution is -2.57. The van der Waals surface area contributed by atoms with Crippen molar-refractivity contribution in [1.29, 1.82) is 0 Å². The zero-order valence-corrected chi connectivity index (χ0v) is 15.2. The van der Waals surface area contributed by atoms with Crippen molar-refractivity contribution in [3.63, 3.8) is 0 Å². The number of aliphatic hydroxyl groups excluding tert-OH is 2. The van der Waals surface area contributed by atoms with Crippen molar-refractivity contribution >= 4 is 0 Å². The maximum atomic E-state index is 11.0. The van der Waals surface area contributed by atoms with E-state index in [4.69, 9.17) is 0 Å². The molecule has 2 N–H and O–H groups in total. The minimum Gasteiger partial charge on any atom is -0.393 e. The van der Waals surface area contributed by atoms with Crippen LogP contribution in [0, 0.1) is 40.4 Å². The van der Waals surface area contributed by atoms with Gasteiger partial charge in [0.15, 0.2) is 0 Å². The third-order valence-corrected chi connectivity index (χ3v) is 9.69. The summed E-state index contributed by atoms with van der Waals surface area (Å²) in [6.45, 7) is 2.56. The van der Waals surface area contributed by atoms with Crippen molar-refractivity contribution in [1.82, 2.24) is 0 Å². The van der Waals surface area contributed by atoms with Crippen LogP contribution >= 0.6 is 0 Å². The first-order chi connectivity index (χ1) is 11.6. The Kier molecular flexibility index (Phi) is 3.53. The number of hydrogen-bond donors (Lipinski definition) is 2. The van der Waals surface area contributed by atoms with Gasteiger partial charge in [0, 0.05) is 5.41 Å². The largest absolute Gasteiger partial charge is 0.393 e. The van der Waals surface area contributed by atoms with Crippen LogP contribution in [0.3, 0.4) is 0 Å². The highest BCUT2D eigenvalue weighted by Gasteiger charge is 2.63. The molecule has 4 saturated carbocycles. The number of hydrogen-bond acceptors (Lipinski definition) is 2. The molecule has 2 heteroatoms. The van der Waals surface area contributed by atoms with Crippen LogP contribution in [0.1, 0.15) is 71.1 Å².